The molecule has 2 aliphatic rings. The van der Waals surface area contributed by atoms with Gasteiger partial charge in [-0.25, -0.2) is 0 Å². The van der Waals surface area contributed by atoms with E-state index >= 15 is 0 Å². The summed E-state index contributed by atoms with van der Waals surface area (Å²) in [7, 11) is 0. The first-order chi connectivity index (χ1) is 15.2. The van der Waals surface area contributed by atoms with Gasteiger partial charge < -0.3 is 0 Å². The average Bonchev–Trinajstić information content (AvgIpc) is 3.25. The number of esters is 1. The van der Waals surface area contributed by atoms with Gasteiger partial charge in [0.1, 0.15) is 0 Å². The van der Waals surface area contributed by atoms with Crippen LogP contribution in [0.4, 0.5) is 26.3 Å². The molecule has 1 aromatic rings. The standard InChI is InChI=1S/C23H27F6IO3/c1-5-6-7-8-11-14-17(19(31)32-20(2,3)4)18(14)30-16-13-10-9-12-15(16)21(33-30,22(24,25)26)23(27,28)29/h9-10,12-13,17H,5-8,11H2,1-4H3. The molecule has 1 atom stereocenters. The Morgan fingerprint density at radius 3 is 2.18 bits per heavy atom. The summed E-state index contributed by atoms with van der Waals surface area (Å²) in [5.74, 6) is -1.54. The molecule has 186 valence electrons. The van der Waals surface area contributed by atoms with Gasteiger partial charge >= 0.3 is 197 Å². The van der Waals surface area contributed by atoms with Crippen molar-refractivity contribution in [2.75, 3.05) is 0 Å². The van der Waals surface area contributed by atoms with Crippen molar-refractivity contribution in [1.29, 1.82) is 0 Å². The third-order valence-corrected chi connectivity index (χ3v) is 10.9. The molecule has 0 aromatic heterocycles. The van der Waals surface area contributed by atoms with Crippen LogP contribution in [0.3, 0.4) is 0 Å². The van der Waals surface area contributed by atoms with E-state index in [9.17, 15) is 31.1 Å². The van der Waals surface area contributed by atoms with Crippen LogP contribution in [0, 0.1) is 9.49 Å². The number of carbonyl (C=O) groups is 1. The predicted molar refractivity (Wildman–Crippen MR) is 119 cm³/mol. The van der Waals surface area contributed by atoms with E-state index in [4.69, 9.17) is 7.80 Å². The number of ether oxygens (including phenoxy) is 1. The number of hydrogen-bond acceptors (Lipinski definition) is 3. The number of alkyl halides is 6. The fraction of sp³-hybridized carbons (Fsp3) is 0.609. The van der Waals surface area contributed by atoms with Gasteiger partial charge in [0, 0.05) is 0 Å². The van der Waals surface area contributed by atoms with Crippen LogP contribution in [0.5, 0.6) is 0 Å². The Kier molecular flexibility index (Phi) is 7.22. The molecular weight excluding hydrogens is 565 g/mol. The average molecular weight is 592 g/mol. The minimum atomic E-state index is -5.70. The van der Waals surface area contributed by atoms with Gasteiger partial charge in [0.15, 0.2) is 0 Å². The summed E-state index contributed by atoms with van der Waals surface area (Å²) in [4.78, 5) is 12.8. The SMILES string of the molecule is CCCCCCC1=C(I2OC(C(F)(F)F)(C(F)(F)F)c3ccccc32)C1C(=O)OC(C)(C)C. The van der Waals surface area contributed by atoms with Gasteiger partial charge in [-0.15, -0.1) is 0 Å². The second-order valence-electron chi connectivity index (χ2n) is 9.13. The number of rotatable bonds is 7. The molecule has 0 N–H and O–H groups in total. The van der Waals surface area contributed by atoms with Gasteiger partial charge in [-0.1, -0.05) is 0 Å². The summed E-state index contributed by atoms with van der Waals surface area (Å²) in [6, 6.07) is 4.65. The molecule has 0 saturated carbocycles. The fourth-order valence-electron chi connectivity index (χ4n) is 3.86. The Morgan fingerprint density at radius 1 is 1.03 bits per heavy atom. The van der Waals surface area contributed by atoms with Gasteiger partial charge in [0.25, 0.3) is 0 Å². The molecular formula is C23H27F6IO3. The van der Waals surface area contributed by atoms with E-state index in [0.29, 0.717) is 22.0 Å². The summed E-state index contributed by atoms with van der Waals surface area (Å²) in [6.45, 7) is 7.00. The molecule has 1 aliphatic heterocycles. The summed E-state index contributed by atoms with van der Waals surface area (Å²) < 4.78 is 94.7. The molecule has 0 saturated heterocycles. The second kappa shape index (κ2) is 9.05. The third kappa shape index (κ3) is 4.92. The van der Waals surface area contributed by atoms with Gasteiger partial charge in [-0.3, -0.25) is 0 Å². The Balaban J connectivity index is 2.03. The van der Waals surface area contributed by atoms with Crippen LogP contribution >= 0.6 is 20.2 Å². The van der Waals surface area contributed by atoms with Crippen molar-refractivity contribution in [2.45, 2.75) is 83.4 Å². The van der Waals surface area contributed by atoms with Crippen molar-refractivity contribution in [3.8, 4) is 0 Å². The first kappa shape index (κ1) is 26.3. The van der Waals surface area contributed by atoms with Gasteiger partial charge in [-0.2, -0.15) is 0 Å². The fourth-order valence-corrected chi connectivity index (χ4v) is 10.2. The molecule has 0 spiro atoms. The van der Waals surface area contributed by atoms with Crippen molar-refractivity contribution < 1.29 is 38.9 Å². The van der Waals surface area contributed by atoms with E-state index in [2.05, 4.69) is 0 Å². The topological polar surface area (TPSA) is 35.5 Å². The molecule has 3 nitrogen and oxygen atoms in total. The maximum atomic E-state index is 14.0. The molecule has 1 unspecified atom stereocenters. The Bertz CT molecular complexity index is 915. The minimum absolute atomic E-state index is 0.0662. The number of fused-ring (bicyclic) bond motifs is 1. The molecule has 1 aliphatic carbocycles. The van der Waals surface area contributed by atoms with E-state index in [1.165, 1.54) is 12.1 Å². The molecule has 10 heteroatoms. The summed E-state index contributed by atoms with van der Waals surface area (Å²) in [5.41, 5.74) is -5.55. The maximum absolute atomic E-state index is 14.0. The van der Waals surface area contributed by atoms with Crippen LogP contribution in [0.15, 0.2) is 33.4 Å². The summed E-state index contributed by atoms with van der Waals surface area (Å²) in [6.07, 6.45) is -7.50. The molecule has 0 radical (unpaired) electrons. The van der Waals surface area contributed by atoms with Gasteiger partial charge in [-0.05, 0) is 0 Å². The van der Waals surface area contributed by atoms with Crippen molar-refractivity contribution in [3.05, 3.63) is 42.6 Å². The van der Waals surface area contributed by atoms with E-state index in [1.807, 2.05) is 6.92 Å². The number of unbranched alkanes of at least 4 members (excludes halogenated alkanes) is 3. The van der Waals surface area contributed by atoms with E-state index in [-0.39, 0.29) is 3.57 Å². The van der Waals surface area contributed by atoms with Crippen LogP contribution in [-0.4, -0.2) is 23.9 Å². The third-order valence-electron chi connectivity index (χ3n) is 5.38. The van der Waals surface area contributed by atoms with Crippen molar-refractivity contribution >= 4 is 26.2 Å². The zero-order valence-electron chi connectivity index (χ0n) is 18.8. The predicted octanol–water partition coefficient (Wildman–Crippen LogP) is 7.82. The van der Waals surface area contributed by atoms with E-state index in [0.717, 1.165) is 31.4 Å². The first-order valence-corrected chi connectivity index (χ1v) is 13.8. The van der Waals surface area contributed by atoms with Crippen LogP contribution in [0.2, 0.25) is 0 Å². The number of halogens is 7. The zero-order chi connectivity index (χ0) is 24.8. The summed E-state index contributed by atoms with van der Waals surface area (Å²) >= 11 is -3.66. The molecule has 3 rings (SSSR count). The monoisotopic (exact) mass is 592 g/mol. The van der Waals surface area contributed by atoms with Crippen molar-refractivity contribution in [3.63, 3.8) is 0 Å². The van der Waals surface area contributed by atoms with E-state index in [1.54, 1.807) is 20.8 Å². The van der Waals surface area contributed by atoms with E-state index < -0.39 is 61.2 Å². The number of benzene rings is 1. The first-order valence-electron chi connectivity index (χ1n) is 10.7. The molecule has 0 amide bonds. The Hall–Kier alpha value is -1.30. The normalized spacial score (nSPS) is 21.3. The Morgan fingerprint density at radius 2 is 1.64 bits per heavy atom. The Labute approximate surface area is 196 Å². The van der Waals surface area contributed by atoms with Gasteiger partial charge in [0.05, 0.1) is 0 Å². The van der Waals surface area contributed by atoms with Crippen LogP contribution < -0.4 is 0 Å². The van der Waals surface area contributed by atoms with Gasteiger partial charge in [0.2, 0.25) is 0 Å². The number of carbonyl (C=O) groups excluding carboxylic acids is 1. The molecule has 0 fully saturated rings. The quantitative estimate of drug-likeness (QED) is 0.140. The van der Waals surface area contributed by atoms with Crippen molar-refractivity contribution in [2.24, 2.45) is 5.92 Å². The van der Waals surface area contributed by atoms with Crippen LogP contribution in [0.1, 0.15) is 65.4 Å². The molecule has 1 heterocycles. The second-order valence-corrected chi connectivity index (χ2v) is 13.3. The molecule has 33 heavy (non-hydrogen) atoms. The zero-order valence-corrected chi connectivity index (χ0v) is 21.0. The van der Waals surface area contributed by atoms with Crippen LogP contribution in [-0.2, 0) is 18.2 Å². The summed E-state index contributed by atoms with van der Waals surface area (Å²) in [5, 5.41) is 0. The number of hydrogen-bond donors (Lipinski definition) is 0. The molecule has 0 bridgehead atoms. The van der Waals surface area contributed by atoms with Crippen LogP contribution in [0.25, 0.3) is 0 Å². The molecule has 1 aromatic carbocycles. The van der Waals surface area contributed by atoms with Crippen molar-refractivity contribution in [1.82, 2.24) is 0 Å².